The lowest BCUT2D eigenvalue weighted by atomic mass is 10.1. The first kappa shape index (κ1) is 13.6. The quantitative estimate of drug-likeness (QED) is 0.857. The Balaban J connectivity index is 3.22. The lowest BCUT2D eigenvalue weighted by Gasteiger charge is -2.16. The van der Waals surface area contributed by atoms with E-state index in [2.05, 4.69) is 4.74 Å². The number of halogens is 4. The lowest BCUT2D eigenvalue weighted by Crippen LogP contribution is -2.19. The highest BCUT2D eigenvalue weighted by atomic mass is 35.5. The van der Waals surface area contributed by atoms with Gasteiger partial charge in [-0.3, -0.25) is 4.79 Å². The fraction of sp³-hybridized carbons (Fsp3) is 0.300. The summed E-state index contributed by atoms with van der Waals surface area (Å²) in [6.07, 6.45) is -4.92. The van der Waals surface area contributed by atoms with Crippen molar-refractivity contribution in [3.05, 3.63) is 23.8 Å². The molecule has 3 nitrogen and oxygen atoms in total. The zero-order chi connectivity index (χ0) is 13.2. The predicted molar refractivity (Wildman–Crippen MR) is 54.1 cm³/mol. The number of ketones is 1. The van der Waals surface area contributed by atoms with Gasteiger partial charge in [0.25, 0.3) is 0 Å². The summed E-state index contributed by atoms with van der Waals surface area (Å²) in [5, 5.41) is 8.03. The van der Waals surface area contributed by atoms with Gasteiger partial charge in [0.05, 0.1) is 5.56 Å². The Labute approximate surface area is 99.8 Å². The minimum atomic E-state index is -4.92. The van der Waals surface area contributed by atoms with E-state index in [4.69, 9.17) is 11.6 Å². The third kappa shape index (κ3) is 3.52. The number of carbonyl (C=O) groups excluding carboxylic acids is 1. The molecule has 94 valence electrons. The molecule has 0 spiro atoms. The second-order valence-electron chi connectivity index (χ2n) is 3.21. The second kappa shape index (κ2) is 4.83. The Morgan fingerprint density at radius 2 is 2.06 bits per heavy atom. The van der Waals surface area contributed by atoms with Crippen LogP contribution in [0.15, 0.2) is 18.2 Å². The van der Waals surface area contributed by atoms with E-state index in [1.165, 1.54) is 0 Å². The molecule has 0 bridgehead atoms. The predicted octanol–water partition coefficient (Wildman–Crippen LogP) is 3.16. The van der Waals surface area contributed by atoms with Gasteiger partial charge in [-0.05, 0) is 19.1 Å². The topological polar surface area (TPSA) is 46.5 Å². The largest absolute Gasteiger partial charge is 0.573 e. The van der Waals surface area contributed by atoms with Crippen LogP contribution in [0, 0.1) is 0 Å². The van der Waals surface area contributed by atoms with Gasteiger partial charge in [-0.15, -0.1) is 24.8 Å². The highest BCUT2D eigenvalue weighted by molar-refractivity contribution is 6.31. The summed E-state index contributed by atoms with van der Waals surface area (Å²) in [5.74, 6) is -1.81. The number of aromatic hydroxyl groups is 1. The van der Waals surface area contributed by atoms with Gasteiger partial charge in [0, 0.05) is 0 Å². The summed E-state index contributed by atoms with van der Waals surface area (Å²) in [5.41, 5.74) is -0.390. The number of carbonyl (C=O) groups is 1. The Kier molecular flexibility index (Phi) is 3.87. The van der Waals surface area contributed by atoms with E-state index in [9.17, 15) is 23.1 Å². The first-order valence-electron chi connectivity index (χ1n) is 4.44. The van der Waals surface area contributed by atoms with Crippen LogP contribution in [0.25, 0.3) is 0 Å². The summed E-state index contributed by atoms with van der Waals surface area (Å²) in [7, 11) is 0. The number of ether oxygens (including phenoxy) is 1. The maximum Gasteiger partial charge on any atom is 0.573 e. The van der Waals surface area contributed by atoms with Crippen LogP contribution in [0.5, 0.6) is 11.5 Å². The standard InChI is InChI=1S/C10H8ClF3O3/c1-5(15)9(11)8-6(16)3-2-4-7(8)17-10(12,13)14/h2-4,9,16H,1H3. The third-order valence-electron chi connectivity index (χ3n) is 1.88. The van der Waals surface area contributed by atoms with Crippen LogP contribution in [-0.2, 0) is 4.79 Å². The van der Waals surface area contributed by atoms with Gasteiger partial charge < -0.3 is 9.84 Å². The number of hydrogen-bond acceptors (Lipinski definition) is 3. The van der Waals surface area contributed by atoms with Crippen molar-refractivity contribution in [3.8, 4) is 11.5 Å². The smallest absolute Gasteiger partial charge is 0.507 e. The molecule has 0 fully saturated rings. The van der Waals surface area contributed by atoms with Crippen molar-refractivity contribution in [2.45, 2.75) is 18.7 Å². The number of phenols is 1. The maximum absolute atomic E-state index is 12.1. The molecule has 0 aliphatic rings. The summed E-state index contributed by atoms with van der Waals surface area (Å²) in [6.45, 7) is 1.10. The average molecular weight is 269 g/mol. The molecule has 1 rings (SSSR count). The molecule has 0 aliphatic carbocycles. The van der Waals surface area contributed by atoms with E-state index in [1.807, 2.05) is 0 Å². The molecule has 0 aromatic heterocycles. The first-order valence-corrected chi connectivity index (χ1v) is 4.88. The first-order chi connectivity index (χ1) is 7.72. The third-order valence-corrected chi connectivity index (χ3v) is 2.40. The maximum atomic E-state index is 12.1. The van der Waals surface area contributed by atoms with Crippen LogP contribution >= 0.6 is 11.6 Å². The molecule has 1 aromatic rings. The van der Waals surface area contributed by atoms with Crippen molar-refractivity contribution in [3.63, 3.8) is 0 Å². The Hall–Kier alpha value is -1.43. The normalized spacial score (nSPS) is 13.2. The molecule has 1 N–H and O–H groups in total. The number of alkyl halides is 4. The Morgan fingerprint density at radius 1 is 1.47 bits per heavy atom. The molecule has 1 aromatic carbocycles. The minimum absolute atomic E-state index is 0.390. The fourth-order valence-corrected chi connectivity index (χ4v) is 1.42. The molecule has 0 radical (unpaired) electrons. The van der Waals surface area contributed by atoms with Crippen molar-refractivity contribution in [2.75, 3.05) is 0 Å². The zero-order valence-electron chi connectivity index (χ0n) is 8.58. The van der Waals surface area contributed by atoms with Crippen LogP contribution in [0.1, 0.15) is 17.9 Å². The summed E-state index contributed by atoms with van der Waals surface area (Å²) < 4.78 is 39.9. The number of hydrogen-bond donors (Lipinski definition) is 1. The van der Waals surface area contributed by atoms with Crippen molar-refractivity contribution in [2.24, 2.45) is 0 Å². The molecular formula is C10H8ClF3O3. The number of phenolic OH excluding ortho intramolecular Hbond substituents is 1. The van der Waals surface area contributed by atoms with E-state index in [0.29, 0.717) is 0 Å². The van der Waals surface area contributed by atoms with Gasteiger partial charge in [0.2, 0.25) is 0 Å². The molecule has 17 heavy (non-hydrogen) atoms. The van der Waals surface area contributed by atoms with Crippen molar-refractivity contribution in [1.29, 1.82) is 0 Å². The van der Waals surface area contributed by atoms with Gasteiger partial charge >= 0.3 is 6.36 Å². The molecular weight excluding hydrogens is 261 g/mol. The van der Waals surface area contributed by atoms with Gasteiger partial charge in [0.1, 0.15) is 16.9 Å². The van der Waals surface area contributed by atoms with Crippen molar-refractivity contribution in [1.82, 2.24) is 0 Å². The van der Waals surface area contributed by atoms with Gasteiger partial charge in [0.15, 0.2) is 5.78 Å². The number of benzene rings is 1. The average Bonchev–Trinajstić information content (AvgIpc) is 2.14. The van der Waals surface area contributed by atoms with E-state index in [-0.39, 0.29) is 5.56 Å². The lowest BCUT2D eigenvalue weighted by molar-refractivity contribution is -0.274. The monoisotopic (exact) mass is 268 g/mol. The highest BCUT2D eigenvalue weighted by Gasteiger charge is 2.34. The van der Waals surface area contributed by atoms with Crippen molar-refractivity contribution >= 4 is 17.4 Å². The number of rotatable bonds is 3. The molecule has 0 saturated heterocycles. The summed E-state index contributed by atoms with van der Waals surface area (Å²) in [6, 6.07) is 3.25. The van der Waals surface area contributed by atoms with Gasteiger partial charge in [-0.1, -0.05) is 6.07 Å². The van der Waals surface area contributed by atoms with E-state index in [0.717, 1.165) is 25.1 Å². The van der Waals surface area contributed by atoms with E-state index < -0.39 is 29.0 Å². The Morgan fingerprint density at radius 3 is 2.53 bits per heavy atom. The summed E-state index contributed by atoms with van der Waals surface area (Å²) in [4.78, 5) is 11.0. The second-order valence-corrected chi connectivity index (χ2v) is 3.65. The summed E-state index contributed by atoms with van der Waals surface area (Å²) >= 11 is 5.62. The molecule has 0 saturated carbocycles. The van der Waals surface area contributed by atoms with Crippen LogP contribution in [0.3, 0.4) is 0 Å². The van der Waals surface area contributed by atoms with Crippen LogP contribution in [0.2, 0.25) is 0 Å². The molecule has 0 amide bonds. The van der Waals surface area contributed by atoms with Crippen LogP contribution < -0.4 is 4.74 Å². The van der Waals surface area contributed by atoms with Crippen LogP contribution in [0.4, 0.5) is 13.2 Å². The van der Waals surface area contributed by atoms with Crippen LogP contribution in [-0.4, -0.2) is 17.3 Å². The molecule has 1 atom stereocenters. The zero-order valence-corrected chi connectivity index (χ0v) is 9.34. The fourth-order valence-electron chi connectivity index (χ4n) is 1.20. The van der Waals surface area contributed by atoms with E-state index in [1.54, 1.807) is 0 Å². The van der Waals surface area contributed by atoms with Crippen molar-refractivity contribution < 1.29 is 27.8 Å². The minimum Gasteiger partial charge on any atom is -0.507 e. The Bertz CT molecular complexity index is 431. The molecule has 0 heterocycles. The van der Waals surface area contributed by atoms with Gasteiger partial charge in [-0.25, -0.2) is 0 Å². The molecule has 1 unspecified atom stereocenters. The molecule has 7 heteroatoms. The highest BCUT2D eigenvalue weighted by Crippen LogP contribution is 2.39. The van der Waals surface area contributed by atoms with E-state index >= 15 is 0 Å². The number of Topliss-reactive ketones (excluding diaryl/α,β-unsaturated/α-hetero) is 1. The molecule has 0 aliphatic heterocycles. The van der Waals surface area contributed by atoms with Gasteiger partial charge in [-0.2, -0.15) is 0 Å². The SMILES string of the molecule is CC(=O)C(Cl)c1c(O)cccc1OC(F)(F)F.